The average Bonchev–Trinajstić information content (AvgIpc) is 2.84. The molecule has 3 N–H and O–H groups in total. The molecule has 0 aliphatic rings. The Morgan fingerprint density at radius 1 is 1.00 bits per heavy atom. The molecule has 3 rings (SSSR count). The van der Waals surface area contributed by atoms with Crippen LogP contribution in [0.25, 0.3) is 0 Å². The second kappa shape index (κ2) is 13.6. The van der Waals surface area contributed by atoms with Crippen molar-refractivity contribution < 1.29 is 27.4 Å². The van der Waals surface area contributed by atoms with Gasteiger partial charge in [0.15, 0.2) is 11.5 Å². The van der Waals surface area contributed by atoms with Gasteiger partial charge in [-0.3, -0.25) is 0 Å². The van der Waals surface area contributed by atoms with E-state index in [1.807, 2.05) is 6.92 Å². The number of nitrogens with zero attached hydrogens (tertiary/aromatic N) is 1. The zero-order valence-electron chi connectivity index (χ0n) is 20.0. The Bertz CT molecular complexity index is 1150. The molecule has 10 heteroatoms. The summed E-state index contributed by atoms with van der Waals surface area (Å²) < 4.78 is 51.3. The Hall–Kier alpha value is -3.43. The first-order valence-electron chi connectivity index (χ1n) is 11.0. The summed E-state index contributed by atoms with van der Waals surface area (Å²) in [6.45, 7) is 2.53. The van der Waals surface area contributed by atoms with Crippen molar-refractivity contribution in [3.05, 3.63) is 94.8 Å². The van der Waals surface area contributed by atoms with Crippen LogP contribution in [0.4, 0.5) is 18.0 Å². The van der Waals surface area contributed by atoms with Crippen molar-refractivity contribution in [1.29, 1.82) is 0 Å². The van der Waals surface area contributed by atoms with Crippen molar-refractivity contribution in [2.45, 2.75) is 26.1 Å². The van der Waals surface area contributed by atoms with Crippen molar-refractivity contribution in [2.24, 2.45) is 5.73 Å². The fourth-order valence-corrected chi connectivity index (χ4v) is 3.46. The van der Waals surface area contributed by atoms with Gasteiger partial charge in [0.05, 0.1) is 13.2 Å². The molecular weight excluding hydrogens is 495 g/mol. The molecule has 36 heavy (non-hydrogen) atoms. The molecule has 0 heterocycles. The largest absolute Gasteiger partial charge is 0.493 e. The first-order valence-corrected chi connectivity index (χ1v) is 11.0. The molecule has 0 aliphatic heterocycles. The van der Waals surface area contributed by atoms with Crippen LogP contribution in [-0.4, -0.2) is 31.1 Å². The lowest BCUT2D eigenvalue weighted by Gasteiger charge is -2.25. The molecule has 1 atom stereocenters. The molecule has 0 radical (unpaired) electrons. The monoisotopic (exact) mass is 523 g/mol. The van der Waals surface area contributed by atoms with E-state index in [2.05, 4.69) is 5.32 Å². The number of methoxy groups -OCH3 is 1. The highest BCUT2D eigenvalue weighted by atomic mass is 35.5. The van der Waals surface area contributed by atoms with Crippen LogP contribution in [0.2, 0.25) is 0 Å². The lowest BCUT2D eigenvalue weighted by Crippen LogP contribution is -2.42. The van der Waals surface area contributed by atoms with E-state index in [0.717, 1.165) is 23.3 Å². The Morgan fingerprint density at radius 3 is 2.33 bits per heavy atom. The van der Waals surface area contributed by atoms with Crippen LogP contribution < -0.4 is 20.5 Å². The predicted octanol–water partition coefficient (Wildman–Crippen LogP) is 5.34. The number of carbonyl (C=O) groups excluding carboxylic acids is 1. The van der Waals surface area contributed by atoms with Crippen LogP contribution >= 0.6 is 12.4 Å². The van der Waals surface area contributed by atoms with Gasteiger partial charge in [-0.2, -0.15) is 0 Å². The standard InChI is InChI=1S/C26H28F3N3O3.ClH/c1-17(19-4-7-21(27)8-5-19)31-26(33)32(12-11-30)15-18-3-10-24(25(13-18)34-2)35-16-20-6-9-22(28)14-23(20)29;/h3-10,13-14,17H,11-12,15-16,30H2,1-2H3,(H,31,33);1H/t17-;/m0./s1. The topological polar surface area (TPSA) is 76.8 Å². The lowest BCUT2D eigenvalue weighted by atomic mass is 10.1. The minimum Gasteiger partial charge on any atom is -0.493 e. The molecule has 0 unspecified atom stereocenters. The lowest BCUT2D eigenvalue weighted by molar-refractivity contribution is 0.193. The highest BCUT2D eigenvalue weighted by Gasteiger charge is 2.18. The van der Waals surface area contributed by atoms with Gasteiger partial charge in [0.1, 0.15) is 24.1 Å². The van der Waals surface area contributed by atoms with E-state index in [1.54, 1.807) is 35.2 Å². The second-order valence-electron chi connectivity index (χ2n) is 7.94. The first kappa shape index (κ1) is 28.8. The molecular formula is C26H29ClF3N3O3. The summed E-state index contributed by atoms with van der Waals surface area (Å²) in [6.07, 6.45) is 0. The fourth-order valence-electron chi connectivity index (χ4n) is 3.46. The second-order valence-corrected chi connectivity index (χ2v) is 7.94. The molecule has 0 saturated carbocycles. The zero-order valence-corrected chi connectivity index (χ0v) is 20.8. The third-order valence-electron chi connectivity index (χ3n) is 5.40. The van der Waals surface area contributed by atoms with Crippen molar-refractivity contribution in [3.63, 3.8) is 0 Å². The summed E-state index contributed by atoms with van der Waals surface area (Å²) in [6, 6.07) is 13.7. The van der Waals surface area contributed by atoms with E-state index in [9.17, 15) is 18.0 Å². The highest BCUT2D eigenvalue weighted by molar-refractivity contribution is 5.85. The number of amides is 2. The SMILES string of the molecule is COc1cc(CN(CCN)C(=O)N[C@@H](C)c2ccc(F)cc2)ccc1OCc1ccc(F)cc1F.Cl. The van der Waals surface area contributed by atoms with E-state index < -0.39 is 11.6 Å². The highest BCUT2D eigenvalue weighted by Crippen LogP contribution is 2.30. The van der Waals surface area contributed by atoms with Crippen LogP contribution in [-0.2, 0) is 13.2 Å². The number of urea groups is 1. The number of nitrogens with two attached hydrogens (primary N) is 1. The Labute approximate surface area is 214 Å². The molecule has 0 saturated heterocycles. The van der Waals surface area contributed by atoms with Crippen LogP contribution in [0.1, 0.15) is 29.7 Å². The van der Waals surface area contributed by atoms with Crippen molar-refractivity contribution >= 4 is 18.4 Å². The number of hydrogen-bond acceptors (Lipinski definition) is 4. The summed E-state index contributed by atoms with van der Waals surface area (Å²) in [7, 11) is 1.47. The average molecular weight is 524 g/mol. The fraction of sp³-hybridized carbons (Fsp3) is 0.269. The number of rotatable bonds is 10. The third kappa shape index (κ3) is 7.79. The predicted molar refractivity (Wildman–Crippen MR) is 134 cm³/mol. The third-order valence-corrected chi connectivity index (χ3v) is 5.40. The van der Waals surface area contributed by atoms with Crippen molar-refractivity contribution in [1.82, 2.24) is 10.2 Å². The van der Waals surface area contributed by atoms with E-state index >= 15 is 0 Å². The van der Waals surface area contributed by atoms with Crippen molar-refractivity contribution in [3.8, 4) is 11.5 Å². The molecule has 6 nitrogen and oxygen atoms in total. The van der Waals surface area contributed by atoms with Gasteiger partial charge in [0, 0.05) is 31.3 Å². The summed E-state index contributed by atoms with van der Waals surface area (Å²) >= 11 is 0. The summed E-state index contributed by atoms with van der Waals surface area (Å²) in [4.78, 5) is 14.5. The molecule has 0 bridgehead atoms. The van der Waals surface area contributed by atoms with Gasteiger partial charge in [0.25, 0.3) is 0 Å². The summed E-state index contributed by atoms with van der Waals surface area (Å²) in [5, 5.41) is 2.90. The summed E-state index contributed by atoms with van der Waals surface area (Å²) in [5.41, 5.74) is 7.46. The normalized spacial score (nSPS) is 11.3. The van der Waals surface area contributed by atoms with E-state index in [0.29, 0.717) is 18.0 Å². The number of benzene rings is 3. The van der Waals surface area contributed by atoms with Gasteiger partial charge in [-0.1, -0.05) is 18.2 Å². The molecule has 0 spiro atoms. The molecule has 3 aromatic carbocycles. The van der Waals surface area contributed by atoms with E-state index in [1.165, 1.54) is 25.3 Å². The molecule has 3 aromatic rings. The number of hydrogen-bond donors (Lipinski definition) is 2. The van der Waals surface area contributed by atoms with Crippen molar-refractivity contribution in [2.75, 3.05) is 20.2 Å². The molecule has 0 fully saturated rings. The Morgan fingerprint density at radius 2 is 1.69 bits per heavy atom. The quantitative estimate of drug-likeness (QED) is 0.376. The number of nitrogens with one attached hydrogen (secondary N) is 1. The zero-order chi connectivity index (χ0) is 25.4. The minimum absolute atomic E-state index is 0. The number of ether oxygens (including phenoxy) is 2. The minimum atomic E-state index is -0.695. The Balaban J connectivity index is 0.00000456. The molecule has 194 valence electrons. The van der Waals surface area contributed by atoms with Crippen LogP contribution in [0, 0.1) is 17.5 Å². The Kier molecular flexibility index (Phi) is 10.9. The van der Waals surface area contributed by atoms with E-state index in [4.69, 9.17) is 15.2 Å². The van der Waals surface area contributed by atoms with Crippen LogP contribution in [0.5, 0.6) is 11.5 Å². The van der Waals surface area contributed by atoms with Gasteiger partial charge in [0.2, 0.25) is 0 Å². The van der Waals surface area contributed by atoms with Gasteiger partial charge in [-0.15, -0.1) is 12.4 Å². The van der Waals surface area contributed by atoms with Gasteiger partial charge >= 0.3 is 6.03 Å². The number of carbonyl (C=O) groups is 1. The maximum Gasteiger partial charge on any atom is 0.318 e. The van der Waals surface area contributed by atoms with E-state index in [-0.39, 0.29) is 55.6 Å². The maximum atomic E-state index is 13.9. The van der Waals surface area contributed by atoms with Gasteiger partial charge in [-0.05, 0) is 54.4 Å². The number of halogens is 4. The molecule has 2 amide bonds. The van der Waals surface area contributed by atoms with Crippen LogP contribution in [0.3, 0.4) is 0 Å². The molecule has 0 aliphatic carbocycles. The smallest absolute Gasteiger partial charge is 0.318 e. The molecule has 0 aromatic heterocycles. The maximum absolute atomic E-state index is 13.9. The van der Waals surface area contributed by atoms with Gasteiger partial charge in [-0.25, -0.2) is 18.0 Å². The van der Waals surface area contributed by atoms with Crippen LogP contribution in [0.15, 0.2) is 60.7 Å². The van der Waals surface area contributed by atoms with Gasteiger partial charge < -0.3 is 25.4 Å². The first-order chi connectivity index (χ1) is 16.8. The summed E-state index contributed by atoms with van der Waals surface area (Å²) in [5.74, 6) is -0.927.